The minimum absolute atomic E-state index is 0.0327. The SMILES string of the molecule is C=C\C=C/C(/C=N\n1ccc(=O)c(OCc2ccccc2)c1C(=O)NC)=C\C.CC. The Morgan fingerprint density at radius 1 is 1.23 bits per heavy atom. The summed E-state index contributed by atoms with van der Waals surface area (Å²) in [7, 11) is 1.49. The van der Waals surface area contributed by atoms with E-state index in [4.69, 9.17) is 4.74 Å². The van der Waals surface area contributed by atoms with Crippen LogP contribution in [0.3, 0.4) is 0 Å². The van der Waals surface area contributed by atoms with Crippen LogP contribution in [0.5, 0.6) is 5.75 Å². The number of nitrogens with one attached hydrogen (secondary N) is 1. The molecule has 0 aliphatic carbocycles. The summed E-state index contributed by atoms with van der Waals surface area (Å²) in [6.07, 6.45) is 10.1. The third-order valence-corrected chi connectivity index (χ3v) is 3.79. The predicted octanol–water partition coefficient (Wildman–Crippen LogP) is 4.34. The summed E-state index contributed by atoms with van der Waals surface area (Å²) >= 11 is 0. The highest BCUT2D eigenvalue weighted by Crippen LogP contribution is 2.15. The minimum atomic E-state index is -0.471. The van der Waals surface area contributed by atoms with Gasteiger partial charge < -0.3 is 10.1 Å². The first-order valence-corrected chi connectivity index (χ1v) is 9.75. The van der Waals surface area contributed by atoms with Crippen molar-refractivity contribution in [3.05, 3.63) is 101 Å². The highest BCUT2D eigenvalue weighted by atomic mass is 16.5. The number of amides is 1. The second-order valence-corrected chi connectivity index (χ2v) is 5.68. The number of hydrogen-bond acceptors (Lipinski definition) is 4. The molecule has 2 rings (SSSR count). The van der Waals surface area contributed by atoms with Crippen LogP contribution in [0.4, 0.5) is 0 Å². The van der Waals surface area contributed by atoms with Gasteiger partial charge in [0.15, 0.2) is 11.4 Å². The smallest absolute Gasteiger partial charge is 0.273 e. The lowest BCUT2D eigenvalue weighted by atomic mass is 10.2. The monoisotopic (exact) mass is 407 g/mol. The molecule has 1 aromatic heterocycles. The van der Waals surface area contributed by atoms with Crippen molar-refractivity contribution >= 4 is 12.1 Å². The quantitative estimate of drug-likeness (QED) is 0.523. The van der Waals surface area contributed by atoms with Gasteiger partial charge in [0.05, 0.1) is 6.21 Å². The van der Waals surface area contributed by atoms with Gasteiger partial charge in [-0.2, -0.15) is 5.10 Å². The molecule has 6 nitrogen and oxygen atoms in total. The average Bonchev–Trinajstić information content (AvgIpc) is 2.80. The van der Waals surface area contributed by atoms with Gasteiger partial charge >= 0.3 is 0 Å². The maximum atomic E-state index is 12.4. The molecule has 6 heteroatoms. The van der Waals surface area contributed by atoms with E-state index in [2.05, 4.69) is 17.0 Å². The Balaban J connectivity index is 0.00000218. The second kappa shape index (κ2) is 13.5. The lowest BCUT2D eigenvalue weighted by Gasteiger charge is -2.13. The fourth-order valence-electron chi connectivity index (χ4n) is 2.32. The van der Waals surface area contributed by atoms with Crippen molar-refractivity contribution in [3.8, 4) is 5.75 Å². The van der Waals surface area contributed by atoms with Crippen molar-refractivity contribution in [2.24, 2.45) is 5.10 Å². The van der Waals surface area contributed by atoms with Gasteiger partial charge in [-0.3, -0.25) is 9.59 Å². The number of rotatable bonds is 8. The maximum Gasteiger partial charge on any atom is 0.273 e. The van der Waals surface area contributed by atoms with E-state index in [9.17, 15) is 9.59 Å². The van der Waals surface area contributed by atoms with Crippen LogP contribution in [-0.2, 0) is 6.61 Å². The molecule has 0 saturated heterocycles. The lowest BCUT2D eigenvalue weighted by Crippen LogP contribution is -2.26. The normalized spacial score (nSPS) is 11.1. The first-order valence-electron chi connectivity index (χ1n) is 9.75. The van der Waals surface area contributed by atoms with Crippen LogP contribution >= 0.6 is 0 Å². The molecule has 0 fully saturated rings. The molecule has 0 bridgehead atoms. The van der Waals surface area contributed by atoms with Crippen LogP contribution in [0.2, 0.25) is 0 Å². The first-order chi connectivity index (χ1) is 14.6. The molecule has 0 aliphatic rings. The first kappa shape index (κ1) is 24.4. The summed E-state index contributed by atoms with van der Waals surface area (Å²) in [6.45, 7) is 9.66. The van der Waals surface area contributed by atoms with Crippen LogP contribution in [0.15, 0.2) is 88.9 Å². The van der Waals surface area contributed by atoms with Gasteiger partial charge in [0.2, 0.25) is 5.43 Å². The zero-order valence-electron chi connectivity index (χ0n) is 18.0. The Morgan fingerprint density at radius 2 is 1.93 bits per heavy atom. The Bertz CT molecular complexity index is 971. The van der Waals surface area contributed by atoms with Crippen LogP contribution < -0.4 is 15.5 Å². The zero-order chi connectivity index (χ0) is 22.4. The molecule has 0 saturated carbocycles. The molecule has 2 aromatic rings. The molecule has 30 heavy (non-hydrogen) atoms. The standard InChI is InChI=1S/C22H23N3O3.C2H6/c1-4-6-10-17(5-2)15-24-25-14-13-19(26)21(20(25)22(27)23-3)28-16-18-11-8-7-9-12-18;1-2/h4-15H,1,16H2,2-3H3,(H,23,27);1-2H3/b10-6-,17-5+,24-15-;. The highest BCUT2D eigenvalue weighted by Gasteiger charge is 2.19. The van der Waals surface area contributed by atoms with Crippen molar-refractivity contribution in [2.75, 3.05) is 7.05 Å². The summed E-state index contributed by atoms with van der Waals surface area (Å²) < 4.78 is 7.03. The van der Waals surface area contributed by atoms with E-state index in [0.717, 1.165) is 11.1 Å². The van der Waals surface area contributed by atoms with Gasteiger partial charge in [-0.05, 0) is 18.1 Å². The lowest BCUT2D eigenvalue weighted by molar-refractivity contribution is 0.0948. The van der Waals surface area contributed by atoms with Gasteiger partial charge in [-0.25, -0.2) is 4.68 Å². The number of nitrogens with zero attached hydrogens (tertiary/aromatic N) is 2. The van der Waals surface area contributed by atoms with E-state index >= 15 is 0 Å². The molecule has 1 heterocycles. The van der Waals surface area contributed by atoms with E-state index in [1.165, 1.54) is 24.0 Å². The fourth-order valence-corrected chi connectivity index (χ4v) is 2.32. The number of carbonyl (C=O) groups excluding carboxylic acids is 1. The van der Waals surface area contributed by atoms with Crippen molar-refractivity contribution in [1.29, 1.82) is 0 Å². The Hall–Kier alpha value is -3.67. The molecule has 0 spiro atoms. The second-order valence-electron chi connectivity index (χ2n) is 5.68. The summed E-state index contributed by atoms with van der Waals surface area (Å²) in [4.78, 5) is 24.8. The molecular weight excluding hydrogens is 378 g/mol. The van der Waals surface area contributed by atoms with E-state index in [-0.39, 0.29) is 18.1 Å². The molecular formula is C24H29N3O3. The topological polar surface area (TPSA) is 72.7 Å². The minimum Gasteiger partial charge on any atom is -0.482 e. The predicted molar refractivity (Wildman–Crippen MR) is 123 cm³/mol. The number of allylic oxidation sites excluding steroid dienone is 5. The molecule has 1 N–H and O–H groups in total. The summed E-state index contributed by atoms with van der Waals surface area (Å²) in [6, 6.07) is 10.7. The van der Waals surface area contributed by atoms with Crippen molar-refractivity contribution in [3.63, 3.8) is 0 Å². The number of carbonyl (C=O) groups is 1. The van der Waals surface area contributed by atoms with Gasteiger partial charge in [0, 0.05) is 19.3 Å². The van der Waals surface area contributed by atoms with Crippen LogP contribution in [0.25, 0.3) is 0 Å². The number of aromatic nitrogens is 1. The average molecular weight is 408 g/mol. The molecule has 1 amide bonds. The van der Waals surface area contributed by atoms with Crippen molar-refractivity contribution < 1.29 is 9.53 Å². The van der Waals surface area contributed by atoms with Crippen LogP contribution in [0, 0.1) is 0 Å². The zero-order valence-corrected chi connectivity index (χ0v) is 18.0. The fraction of sp³-hybridized carbons (Fsp3) is 0.208. The summed E-state index contributed by atoms with van der Waals surface area (Å²) in [5.41, 5.74) is 1.34. The Labute approximate surface area is 177 Å². The highest BCUT2D eigenvalue weighted by molar-refractivity contribution is 5.95. The molecule has 0 radical (unpaired) electrons. The largest absolute Gasteiger partial charge is 0.482 e. The Morgan fingerprint density at radius 3 is 2.53 bits per heavy atom. The van der Waals surface area contributed by atoms with E-state index < -0.39 is 11.3 Å². The van der Waals surface area contributed by atoms with E-state index in [1.807, 2.05) is 63.3 Å². The molecule has 158 valence electrons. The molecule has 0 aliphatic heterocycles. The van der Waals surface area contributed by atoms with Crippen molar-refractivity contribution in [1.82, 2.24) is 9.99 Å². The van der Waals surface area contributed by atoms with E-state index in [1.54, 1.807) is 18.4 Å². The third-order valence-electron chi connectivity index (χ3n) is 3.79. The van der Waals surface area contributed by atoms with Gasteiger partial charge in [-0.1, -0.05) is 75.1 Å². The van der Waals surface area contributed by atoms with Gasteiger partial charge in [0.1, 0.15) is 6.61 Å². The number of hydrogen-bond donors (Lipinski definition) is 1. The van der Waals surface area contributed by atoms with E-state index in [0.29, 0.717) is 0 Å². The van der Waals surface area contributed by atoms with Crippen LogP contribution in [0.1, 0.15) is 36.8 Å². The third kappa shape index (κ3) is 7.05. The Kier molecular flexibility index (Phi) is 11.0. The number of ether oxygens (including phenoxy) is 1. The summed E-state index contributed by atoms with van der Waals surface area (Å²) in [5, 5.41) is 6.84. The number of pyridine rings is 1. The molecule has 1 aromatic carbocycles. The van der Waals surface area contributed by atoms with Crippen molar-refractivity contribution in [2.45, 2.75) is 27.4 Å². The molecule has 0 unspecified atom stereocenters. The van der Waals surface area contributed by atoms with Gasteiger partial charge in [0.25, 0.3) is 5.91 Å². The van der Waals surface area contributed by atoms with Gasteiger partial charge in [-0.15, -0.1) is 0 Å². The van der Waals surface area contributed by atoms with Crippen LogP contribution in [-0.4, -0.2) is 23.8 Å². The molecule has 0 atom stereocenters. The summed E-state index contributed by atoms with van der Waals surface area (Å²) in [5.74, 6) is -0.520. The number of benzene rings is 1. The maximum absolute atomic E-state index is 12.4.